The van der Waals surface area contributed by atoms with Gasteiger partial charge in [-0.15, -0.1) is 0 Å². The number of benzene rings is 2. The molecule has 1 N–H and O–H groups in total. The first-order chi connectivity index (χ1) is 17.1. The van der Waals surface area contributed by atoms with Crippen LogP contribution in [0.25, 0.3) is 11.1 Å². The van der Waals surface area contributed by atoms with E-state index in [-0.39, 0.29) is 23.9 Å². The summed E-state index contributed by atoms with van der Waals surface area (Å²) in [6.45, 7) is -0.270. The van der Waals surface area contributed by atoms with Gasteiger partial charge < -0.3 is 14.0 Å². The summed E-state index contributed by atoms with van der Waals surface area (Å²) in [5, 5.41) is 15.1. The van der Waals surface area contributed by atoms with Crippen LogP contribution in [0.1, 0.15) is 17.0 Å². The lowest BCUT2D eigenvalue weighted by Crippen LogP contribution is -2.26. The van der Waals surface area contributed by atoms with Gasteiger partial charge in [0.15, 0.2) is 17.3 Å². The normalized spacial score (nSPS) is 11.2. The van der Waals surface area contributed by atoms with Crippen molar-refractivity contribution >= 4 is 0 Å². The molecule has 0 aliphatic heterocycles. The summed E-state index contributed by atoms with van der Waals surface area (Å²) in [7, 11) is 2.72. The summed E-state index contributed by atoms with van der Waals surface area (Å²) < 4.78 is 54.2. The minimum absolute atomic E-state index is 0.0764. The summed E-state index contributed by atoms with van der Waals surface area (Å²) in [4.78, 5) is 24.7. The molecule has 0 saturated carbocycles. The maximum atomic E-state index is 13.7. The molecular weight excluding hydrogens is 479 g/mol. The third-order valence-electron chi connectivity index (χ3n) is 5.41. The van der Waals surface area contributed by atoms with Crippen molar-refractivity contribution in [3.05, 3.63) is 92.5 Å². The number of aromatic amines is 1. The van der Waals surface area contributed by atoms with E-state index in [1.54, 1.807) is 30.3 Å². The maximum Gasteiger partial charge on any atom is 0.420 e. The molecule has 0 unspecified atom stereocenters. The van der Waals surface area contributed by atoms with Crippen molar-refractivity contribution in [1.29, 1.82) is 5.26 Å². The van der Waals surface area contributed by atoms with Crippen LogP contribution in [0.5, 0.6) is 17.2 Å². The topological polar surface area (TPSA) is 115 Å². The second kappa shape index (κ2) is 9.46. The van der Waals surface area contributed by atoms with Gasteiger partial charge in [0.05, 0.1) is 25.3 Å². The predicted octanol–water partition coefficient (Wildman–Crippen LogP) is 3.68. The van der Waals surface area contributed by atoms with E-state index in [2.05, 4.69) is 10.2 Å². The zero-order valence-electron chi connectivity index (χ0n) is 19.0. The fourth-order valence-electron chi connectivity index (χ4n) is 3.48. The molecule has 0 amide bonds. The largest absolute Gasteiger partial charge is 0.493 e. The summed E-state index contributed by atoms with van der Waals surface area (Å²) in [6.07, 6.45) is -3.92. The van der Waals surface area contributed by atoms with E-state index < -0.39 is 28.7 Å². The number of methoxy groups -OCH3 is 1. The zero-order valence-corrected chi connectivity index (χ0v) is 19.0. The molecule has 2 aromatic heterocycles. The Morgan fingerprint density at radius 1 is 1.08 bits per heavy atom. The molecule has 4 aromatic rings. The van der Waals surface area contributed by atoms with Crippen LogP contribution < -0.4 is 20.7 Å². The van der Waals surface area contributed by atoms with Gasteiger partial charge in [-0.2, -0.15) is 23.5 Å². The monoisotopic (exact) mass is 497 g/mol. The SMILES string of the molecule is COc1cc(-c2cccc(C#N)c2)ccc1Oc1c(C(F)(F)F)ccn(Cc2n[nH]c(=O)n2C)c1=O. The number of H-pyrrole nitrogens is 1. The van der Waals surface area contributed by atoms with Crippen LogP contribution in [0.3, 0.4) is 0 Å². The molecule has 0 aliphatic rings. The fraction of sp³-hybridized carbons (Fsp3) is 0.167. The summed E-state index contributed by atoms with van der Waals surface area (Å²) in [5.41, 5.74) is -1.15. The van der Waals surface area contributed by atoms with E-state index in [9.17, 15) is 22.8 Å². The second-order valence-electron chi connectivity index (χ2n) is 7.65. The molecule has 0 saturated heterocycles. The van der Waals surface area contributed by atoms with E-state index >= 15 is 0 Å². The number of aromatic nitrogens is 4. The van der Waals surface area contributed by atoms with Crippen LogP contribution in [0.15, 0.2) is 64.3 Å². The zero-order chi connectivity index (χ0) is 26.0. The molecule has 0 radical (unpaired) electrons. The van der Waals surface area contributed by atoms with Gasteiger partial charge in [-0.25, -0.2) is 9.89 Å². The number of halogens is 3. The van der Waals surface area contributed by atoms with Crippen LogP contribution in [0, 0.1) is 11.3 Å². The third kappa shape index (κ3) is 4.72. The van der Waals surface area contributed by atoms with E-state index in [1.807, 2.05) is 6.07 Å². The number of ether oxygens (including phenoxy) is 2. The molecule has 36 heavy (non-hydrogen) atoms. The van der Waals surface area contributed by atoms with E-state index in [1.165, 1.54) is 26.3 Å². The van der Waals surface area contributed by atoms with E-state index in [4.69, 9.17) is 14.7 Å². The maximum absolute atomic E-state index is 13.7. The van der Waals surface area contributed by atoms with Gasteiger partial charge in [0, 0.05) is 13.2 Å². The number of hydrogen-bond donors (Lipinski definition) is 1. The number of pyridine rings is 1. The van der Waals surface area contributed by atoms with Gasteiger partial charge in [-0.3, -0.25) is 9.36 Å². The van der Waals surface area contributed by atoms with E-state index in [0.717, 1.165) is 21.4 Å². The summed E-state index contributed by atoms with van der Waals surface area (Å²) in [5.74, 6) is -0.866. The Morgan fingerprint density at radius 2 is 1.83 bits per heavy atom. The third-order valence-corrected chi connectivity index (χ3v) is 5.41. The Bertz CT molecular complexity index is 1600. The molecule has 9 nitrogen and oxygen atoms in total. The summed E-state index contributed by atoms with van der Waals surface area (Å²) in [6, 6.07) is 14.0. The number of nitrogens with zero attached hydrogens (tertiary/aromatic N) is 4. The number of hydrogen-bond acceptors (Lipinski definition) is 6. The second-order valence-corrected chi connectivity index (χ2v) is 7.65. The molecule has 0 bridgehead atoms. The van der Waals surface area contributed by atoms with Gasteiger partial charge in [0.1, 0.15) is 5.56 Å². The Hall–Kier alpha value is -4.79. The number of rotatable bonds is 6. The lowest BCUT2D eigenvalue weighted by atomic mass is 10.0. The minimum Gasteiger partial charge on any atom is -0.493 e. The first-order valence-electron chi connectivity index (χ1n) is 10.4. The smallest absolute Gasteiger partial charge is 0.420 e. The molecule has 0 aliphatic carbocycles. The van der Waals surface area contributed by atoms with Crippen molar-refractivity contribution in [3.8, 4) is 34.4 Å². The first kappa shape index (κ1) is 24.3. The molecule has 2 aromatic carbocycles. The van der Waals surface area contributed by atoms with Crippen LogP contribution in [0.2, 0.25) is 0 Å². The lowest BCUT2D eigenvalue weighted by Gasteiger charge is -2.17. The molecular formula is C24H18F3N5O4. The van der Waals surface area contributed by atoms with Crippen molar-refractivity contribution in [1.82, 2.24) is 19.3 Å². The highest BCUT2D eigenvalue weighted by Gasteiger charge is 2.37. The highest BCUT2D eigenvalue weighted by molar-refractivity contribution is 5.68. The molecule has 12 heteroatoms. The highest BCUT2D eigenvalue weighted by atomic mass is 19.4. The predicted molar refractivity (Wildman–Crippen MR) is 122 cm³/mol. The van der Waals surface area contributed by atoms with Crippen LogP contribution >= 0.6 is 0 Å². The fourth-order valence-corrected chi connectivity index (χ4v) is 3.48. The van der Waals surface area contributed by atoms with Crippen LogP contribution in [0.4, 0.5) is 13.2 Å². The number of alkyl halides is 3. The summed E-state index contributed by atoms with van der Waals surface area (Å²) >= 11 is 0. The van der Waals surface area contributed by atoms with Crippen molar-refractivity contribution in [3.63, 3.8) is 0 Å². The first-order valence-corrected chi connectivity index (χ1v) is 10.4. The van der Waals surface area contributed by atoms with Gasteiger partial charge in [0.2, 0.25) is 5.75 Å². The lowest BCUT2D eigenvalue weighted by molar-refractivity contribution is -0.138. The van der Waals surface area contributed by atoms with Gasteiger partial charge in [0.25, 0.3) is 5.56 Å². The Kier molecular flexibility index (Phi) is 6.39. The standard InChI is InChI=1S/C24H18F3N5O4/c1-31-20(29-30-23(31)34)13-32-9-8-17(24(25,26)27)21(22(32)33)36-18-7-6-16(11-19(18)35-2)15-5-3-4-14(10-15)12-28/h3-11H,13H2,1-2H3,(H,30,34). The van der Waals surface area contributed by atoms with Gasteiger partial charge in [-0.1, -0.05) is 18.2 Å². The number of nitrogens with one attached hydrogen (secondary N) is 1. The van der Waals surface area contributed by atoms with E-state index in [0.29, 0.717) is 16.7 Å². The molecule has 184 valence electrons. The van der Waals surface area contributed by atoms with Crippen molar-refractivity contribution in [2.24, 2.45) is 7.05 Å². The van der Waals surface area contributed by atoms with Gasteiger partial charge >= 0.3 is 11.9 Å². The molecule has 0 spiro atoms. The molecule has 0 fully saturated rings. The van der Waals surface area contributed by atoms with Gasteiger partial charge in [-0.05, 0) is 41.5 Å². The Labute approximate surface area is 201 Å². The highest BCUT2D eigenvalue weighted by Crippen LogP contribution is 2.39. The van der Waals surface area contributed by atoms with Crippen LogP contribution in [-0.4, -0.2) is 26.4 Å². The average Bonchev–Trinajstić information content (AvgIpc) is 3.18. The molecule has 4 rings (SSSR count). The molecule has 0 atom stereocenters. The number of nitriles is 1. The average molecular weight is 497 g/mol. The molecule has 2 heterocycles. The van der Waals surface area contributed by atoms with Crippen LogP contribution in [-0.2, 0) is 19.8 Å². The van der Waals surface area contributed by atoms with Crippen molar-refractivity contribution < 1.29 is 22.6 Å². The van der Waals surface area contributed by atoms with Crippen molar-refractivity contribution in [2.45, 2.75) is 12.7 Å². The minimum atomic E-state index is -4.88. The Morgan fingerprint density at radius 3 is 2.47 bits per heavy atom. The van der Waals surface area contributed by atoms with Crippen molar-refractivity contribution in [2.75, 3.05) is 7.11 Å². The quantitative estimate of drug-likeness (QED) is 0.435. The Balaban J connectivity index is 1.77.